The minimum atomic E-state index is -1.16. The SMILES string of the molecule is CCN(CC(=O)N1c2ccccc2NC(=O)C1(C)C)c1c(N)n(Cc2ccccc2)c(=O)[nH]c1=O. The van der Waals surface area contributed by atoms with Crippen molar-refractivity contribution in [2.45, 2.75) is 32.9 Å². The summed E-state index contributed by atoms with van der Waals surface area (Å²) >= 11 is 0. The number of nitrogens with one attached hydrogen (secondary N) is 2. The minimum absolute atomic E-state index is 0.0314. The maximum absolute atomic E-state index is 13.6. The standard InChI is InChI=1S/C25H28N6O4/c1-4-29(15-19(32)31-18-13-9-8-12-17(18)27-23(34)25(31,2)3)20-21(26)30(24(35)28-22(20)33)14-16-10-6-5-7-11-16/h5-13H,4,14-15,26H2,1-3H3,(H,27,34)(H,28,33,35). The maximum Gasteiger partial charge on any atom is 0.330 e. The molecule has 10 nitrogen and oxygen atoms in total. The molecule has 0 radical (unpaired) electrons. The molecule has 182 valence electrons. The Labute approximate surface area is 202 Å². The molecule has 10 heteroatoms. The van der Waals surface area contributed by atoms with Crippen LogP contribution in [0.3, 0.4) is 0 Å². The molecule has 2 amide bonds. The summed E-state index contributed by atoms with van der Waals surface area (Å²) in [5.41, 5.74) is 5.81. The summed E-state index contributed by atoms with van der Waals surface area (Å²) in [6, 6.07) is 16.3. The second kappa shape index (κ2) is 9.13. The topological polar surface area (TPSA) is 134 Å². The number of hydrogen-bond acceptors (Lipinski definition) is 6. The van der Waals surface area contributed by atoms with Gasteiger partial charge >= 0.3 is 5.69 Å². The molecule has 0 atom stereocenters. The van der Waals surface area contributed by atoms with Gasteiger partial charge in [-0.1, -0.05) is 42.5 Å². The van der Waals surface area contributed by atoms with E-state index in [9.17, 15) is 19.2 Å². The molecule has 0 aliphatic carbocycles. The van der Waals surface area contributed by atoms with Crippen molar-refractivity contribution in [3.8, 4) is 0 Å². The number of amides is 2. The van der Waals surface area contributed by atoms with E-state index in [4.69, 9.17) is 5.73 Å². The predicted molar refractivity (Wildman–Crippen MR) is 136 cm³/mol. The maximum atomic E-state index is 13.6. The third-order valence-electron chi connectivity index (χ3n) is 6.18. The Balaban J connectivity index is 1.72. The number of nitrogens with zero attached hydrogens (tertiary/aromatic N) is 3. The first kappa shape index (κ1) is 23.8. The number of nitrogen functional groups attached to an aromatic ring is 1. The van der Waals surface area contributed by atoms with Crippen LogP contribution in [0.2, 0.25) is 0 Å². The van der Waals surface area contributed by atoms with Crippen LogP contribution in [0.25, 0.3) is 0 Å². The van der Waals surface area contributed by atoms with Crippen molar-refractivity contribution in [2.75, 3.05) is 33.9 Å². The number of benzene rings is 2. The number of aromatic amines is 1. The number of carbonyl (C=O) groups is 2. The minimum Gasteiger partial charge on any atom is -0.383 e. The largest absolute Gasteiger partial charge is 0.383 e. The molecule has 2 aromatic carbocycles. The van der Waals surface area contributed by atoms with Crippen molar-refractivity contribution in [2.24, 2.45) is 0 Å². The first-order valence-corrected chi connectivity index (χ1v) is 11.3. The number of fused-ring (bicyclic) bond motifs is 1. The predicted octanol–water partition coefficient (Wildman–Crippen LogP) is 1.76. The summed E-state index contributed by atoms with van der Waals surface area (Å²) < 4.78 is 1.27. The van der Waals surface area contributed by atoms with E-state index in [0.717, 1.165) is 5.56 Å². The lowest BCUT2D eigenvalue weighted by molar-refractivity contribution is -0.125. The van der Waals surface area contributed by atoms with Crippen LogP contribution < -0.4 is 32.1 Å². The average molecular weight is 477 g/mol. The van der Waals surface area contributed by atoms with E-state index in [1.165, 1.54) is 14.4 Å². The summed E-state index contributed by atoms with van der Waals surface area (Å²) in [7, 11) is 0. The number of carbonyl (C=O) groups excluding carboxylic acids is 2. The molecule has 4 rings (SSSR count). The Kier molecular flexibility index (Phi) is 6.21. The third-order valence-corrected chi connectivity index (χ3v) is 6.18. The molecule has 4 N–H and O–H groups in total. The number of hydrogen-bond donors (Lipinski definition) is 3. The van der Waals surface area contributed by atoms with E-state index in [1.54, 1.807) is 45.0 Å². The van der Waals surface area contributed by atoms with E-state index >= 15 is 0 Å². The summed E-state index contributed by atoms with van der Waals surface area (Å²) in [5, 5.41) is 2.83. The average Bonchev–Trinajstić information content (AvgIpc) is 2.82. The quantitative estimate of drug-likeness (QED) is 0.496. The van der Waals surface area contributed by atoms with Gasteiger partial charge in [-0.25, -0.2) is 4.79 Å². The van der Waals surface area contributed by atoms with Crippen molar-refractivity contribution in [3.63, 3.8) is 0 Å². The van der Waals surface area contributed by atoms with Crippen LogP contribution in [0.15, 0.2) is 64.2 Å². The van der Waals surface area contributed by atoms with Gasteiger partial charge in [0.1, 0.15) is 17.0 Å². The first-order chi connectivity index (χ1) is 16.6. The van der Waals surface area contributed by atoms with E-state index in [-0.39, 0.29) is 37.0 Å². The summed E-state index contributed by atoms with van der Waals surface area (Å²) in [5.74, 6) is -0.742. The summed E-state index contributed by atoms with van der Waals surface area (Å²) in [4.78, 5) is 57.0. The molecule has 35 heavy (non-hydrogen) atoms. The molecule has 3 aromatic rings. The second-order valence-corrected chi connectivity index (χ2v) is 8.84. The molecule has 0 bridgehead atoms. The molecule has 0 spiro atoms. The number of rotatable bonds is 6. The van der Waals surface area contributed by atoms with Crippen molar-refractivity contribution in [1.29, 1.82) is 0 Å². The van der Waals surface area contributed by atoms with Crippen LogP contribution in [0.4, 0.5) is 22.9 Å². The van der Waals surface area contributed by atoms with Gasteiger partial charge in [-0.3, -0.25) is 28.8 Å². The highest BCUT2D eigenvalue weighted by molar-refractivity contribution is 6.14. The Bertz CT molecular complexity index is 1390. The highest BCUT2D eigenvalue weighted by Crippen LogP contribution is 2.37. The molecule has 0 saturated carbocycles. The fourth-order valence-corrected chi connectivity index (χ4v) is 4.29. The Morgan fingerprint density at radius 3 is 2.37 bits per heavy atom. The number of nitrogens with two attached hydrogens (primary N) is 1. The van der Waals surface area contributed by atoms with Crippen molar-refractivity contribution in [1.82, 2.24) is 9.55 Å². The van der Waals surface area contributed by atoms with Crippen LogP contribution in [0.5, 0.6) is 0 Å². The molecular weight excluding hydrogens is 448 g/mol. The fraction of sp³-hybridized carbons (Fsp3) is 0.280. The van der Waals surface area contributed by atoms with Crippen molar-refractivity contribution < 1.29 is 9.59 Å². The zero-order valence-corrected chi connectivity index (χ0v) is 19.9. The van der Waals surface area contributed by atoms with E-state index in [2.05, 4.69) is 10.3 Å². The third kappa shape index (κ3) is 4.30. The summed E-state index contributed by atoms with van der Waals surface area (Å²) in [6.07, 6.45) is 0. The number of aromatic nitrogens is 2. The number of likely N-dealkylation sites (N-methyl/N-ethyl adjacent to an activating group) is 1. The number of para-hydroxylation sites is 2. The lowest BCUT2D eigenvalue weighted by atomic mass is 9.96. The van der Waals surface area contributed by atoms with Crippen molar-refractivity contribution >= 4 is 34.7 Å². The monoisotopic (exact) mass is 476 g/mol. The van der Waals surface area contributed by atoms with Gasteiger partial charge in [0.25, 0.3) is 5.56 Å². The second-order valence-electron chi connectivity index (χ2n) is 8.84. The van der Waals surface area contributed by atoms with Crippen LogP contribution in [0.1, 0.15) is 26.3 Å². The van der Waals surface area contributed by atoms with Gasteiger partial charge in [0.2, 0.25) is 11.8 Å². The van der Waals surface area contributed by atoms with Gasteiger partial charge in [0.15, 0.2) is 0 Å². The Hall–Kier alpha value is -4.34. The van der Waals surface area contributed by atoms with Gasteiger partial charge in [-0.2, -0.15) is 0 Å². The molecule has 0 unspecified atom stereocenters. The van der Waals surface area contributed by atoms with Crippen LogP contribution in [-0.2, 0) is 16.1 Å². The first-order valence-electron chi connectivity index (χ1n) is 11.3. The van der Waals surface area contributed by atoms with Crippen molar-refractivity contribution in [3.05, 3.63) is 81.0 Å². The Morgan fingerprint density at radius 2 is 1.69 bits per heavy atom. The lowest BCUT2D eigenvalue weighted by Crippen LogP contribution is -2.60. The normalized spacial score (nSPS) is 14.3. The summed E-state index contributed by atoms with van der Waals surface area (Å²) in [6.45, 7) is 5.30. The van der Waals surface area contributed by atoms with E-state index in [1.807, 2.05) is 30.3 Å². The van der Waals surface area contributed by atoms with E-state index < -0.39 is 22.7 Å². The smallest absolute Gasteiger partial charge is 0.330 e. The van der Waals surface area contributed by atoms with Crippen LogP contribution in [0, 0.1) is 0 Å². The fourth-order valence-electron chi connectivity index (χ4n) is 4.29. The molecule has 0 fully saturated rings. The molecular formula is C25H28N6O4. The molecule has 1 aliphatic heterocycles. The van der Waals surface area contributed by atoms with Crippen LogP contribution >= 0.6 is 0 Å². The lowest BCUT2D eigenvalue weighted by Gasteiger charge is -2.42. The highest BCUT2D eigenvalue weighted by atomic mass is 16.2. The van der Waals surface area contributed by atoms with Gasteiger partial charge < -0.3 is 16.0 Å². The van der Waals surface area contributed by atoms with Gasteiger partial charge in [-0.15, -0.1) is 0 Å². The number of anilines is 4. The molecule has 1 aromatic heterocycles. The van der Waals surface area contributed by atoms with Gasteiger partial charge in [-0.05, 0) is 38.5 Å². The molecule has 1 aliphatic rings. The number of H-pyrrole nitrogens is 1. The van der Waals surface area contributed by atoms with Gasteiger partial charge in [0.05, 0.1) is 24.5 Å². The van der Waals surface area contributed by atoms with E-state index in [0.29, 0.717) is 11.4 Å². The molecule has 2 heterocycles. The highest BCUT2D eigenvalue weighted by Gasteiger charge is 2.43. The zero-order chi connectivity index (χ0) is 25.3. The van der Waals surface area contributed by atoms with Crippen LogP contribution in [-0.4, -0.2) is 40.0 Å². The molecule has 0 saturated heterocycles. The van der Waals surface area contributed by atoms with Gasteiger partial charge in [0, 0.05) is 6.54 Å². The Morgan fingerprint density at radius 1 is 1.03 bits per heavy atom. The zero-order valence-electron chi connectivity index (χ0n) is 19.9.